The summed E-state index contributed by atoms with van der Waals surface area (Å²) in [6.07, 6.45) is 12.6. The van der Waals surface area contributed by atoms with E-state index in [0.29, 0.717) is 87.6 Å². The Balaban J connectivity index is 0.000000116. The minimum Gasteiger partial charge on any atom is -0.497 e. The number of fused-ring (bicyclic) bond motifs is 6. The number of likely N-dealkylation sites (N-methyl/N-ethyl adjacent to an activating group) is 1. The van der Waals surface area contributed by atoms with E-state index in [1.165, 1.54) is 0 Å². The highest BCUT2D eigenvalue weighted by molar-refractivity contribution is 5.70. The fraction of sp³-hybridized carbons (Fsp3) is 0.305. The Labute approximate surface area is 628 Å². The normalized spacial score (nSPS) is 16.0. The topological polar surface area (TPSA) is 253 Å². The number of benzene rings is 3. The molecule has 5 aliphatic heterocycles. The van der Waals surface area contributed by atoms with Crippen LogP contribution in [-0.2, 0) is 0 Å². The van der Waals surface area contributed by atoms with Crippen LogP contribution in [0.5, 0.6) is 28.7 Å². The molecule has 0 aliphatic carbocycles. The Morgan fingerprint density at radius 2 is 0.881 bits per heavy atom. The number of ether oxygens (including phenoxy) is 5. The predicted molar refractivity (Wildman–Crippen MR) is 426 cm³/mol. The van der Waals surface area contributed by atoms with E-state index in [1.54, 1.807) is 63.2 Å². The number of aryl methyl sites for hydroxylation is 1. The minimum atomic E-state index is -0.111. The molecule has 0 radical (unpaired) electrons. The van der Waals surface area contributed by atoms with Gasteiger partial charge in [-0.05, 0) is 143 Å². The molecule has 560 valence electrons. The van der Waals surface area contributed by atoms with Gasteiger partial charge in [-0.15, -0.1) is 0 Å². The third-order valence-corrected chi connectivity index (χ3v) is 20.1. The number of nitrogens with one attached hydrogen (secondary N) is 3. The SMILES string of the molecule is COc1ccc(-c2cc(=O)n3cc(N4CCN[C@@H](C)C4)ccc3n2)cc1OC.COc1cccc(-c2cc(=O)n3cc(N4CCCN(C)CC4)ccc3n2)c1.Cc1ccc2nc(-c3cc(=O)n4cc(N5CCNCC5)ccc4n3)cn2c1.O=c1cc(-c2ccc3c(c2)OCCO3)nc2ccc(N3CCNCC3)cn12. The van der Waals surface area contributed by atoms with Crippen molar-refractivity contribution >= 4 is 51.0 Å². The summed E-state index contributed by atoms with van der Waals surface area (Å²) in [5.74, 6) is 3.40. The van der Waals surface area contributed by atoms with Crippen LogP contribution >= 0.6 is 0 Å². The van der Waals surface area contributed by atoms with Gasteiger partial charge >= 0.3 is 0 Å². The molecule has 15 heterocycles. The smallest absolute Gasteiger partial charge is 0.258 e. The second kappa shape index (κ2) is 32.5. The predicted octanol–water partition coefficient (Wildman–Crippen LogP) is 7.96. The van der Waals surface area contributed by atoms with Gasteiger partial charge in [0.25, 0.3) is 22.2 Å². The van der Waals surface area contributed by atoms with Gasteiger partial charge in [0, 0.05) is 176 Å². The monoisotopic (exact) mass is 1470 g/mol. The third kappa shape index (κ3) is 16.4. The largest absolute Gasteiger partial charge is 0.497 e. The zero-order valence-electron chi connectivity index (χ0n) is 62.0. The molecule has 3 N–H and O–H groups in total. The number of imidazole rings is 1. The van der Waals surface area contributed by atoms with E-state index in [1.807, 2.05) is 164 Å². The Hall–Kier alpha value is -12.2. The van der Waals surface area contributed by atoms with Gasteiger partial charge in [0.1, 0.15) is 52.9 Å². The first-order valence-corrected chi connectivity index (χ1v) is 36.9. The van der Waals surface area contributed by atoms with E-state index in [2.05, 4.69) is 85.4 Å². The second-order valence-electron chi connectivity index (χ2n) is 27.6. The van der Waals surface area contributed by atoms with Crippen molar-refractivity contribution in [1.82, 2.24) is 67.8 Å². The van der Waals surface area contributed by atoms with Crippen molar-refractivity contribution in [3.05, 3.63) is 230 Å². The van der Waals surface area contributed by atoms with Crippen LogP contribution in [0.25, 0.3) is 73.4 Å². The summed E-state index contributed by atoms with van der Waals surface area (Å²) in [4.78, 5) is 85.8. The van der Waals surface area contributed by atoms with Crippen LogP contribution in [0.3, 0.4) is 0 Å². The van der Waals surface area contributed by atoms with Gasteiger partial charge in [0.2, 0.25) is 0 Å². The number of aromatic nitrogens is 10. The number of anilines is 4. The van der Waals surface area contributed by atoms with Crippen LogP contribution < -0.4 is 81.5 Å². The molecule has 4 saturated heterocycles. The van der Waals surface area contributed by atoms with E-state index < -0.39 is 0 Å². The lowest BCUT2D eigenvalue weighted by molar-refractivity contribution is 0.171. The van der Waals surface area contributed by atoms with Crippen LogP contribution in [0.4, 0.5) is 22.7 Å². The highest BCUT2D eigenvalue weighted by Crippen LogP contribution is 2.35. The van der Waals surface area contributed by atoms with Gasteiger partial charge in [0.15, 0.2) is 23.0 Å². The molecule has 0 spiro atoms. The summed E-state index contributed by atoms with van der Waals surface area (Å²) in [5, 5.41) is 10.1. The molecule has 18 rings (SSSR count). The zero-order chi connectivity index (χ0) is 75.1. The maximum absolute atomic E-state index is 12.8. The fourth-order valence-corrected chi connectivity index (χ4v) is 14.2. The average molecular weight is 1470 g/mol. The highest BCUT2D eigenvalue weighted by atomic mass is 16.6. The van der Waals surface area contributed by atoms with Crippen LogP contribution in [0.15, 0.2) is 202 Å². The molecule has 3 aromatic carbocycles. The zero-order valence-corrected chi connectivity index (χ0v) is 62.0. The molecule has 0 unspecified atom stereocenters. The van der Waals surface area contributed by atoms with Crippen molar-refractivity contribution in [3.63, 3.8) is 0 Å². The van der Waals surface area contributed by atoms with Crippen LogP contribution in [0.1, 0.15) is 18.9 Å². The Morgan fingerprint density at radius 3 is 1.43 bits per heavy atom. The van der Waals surface area contributed by atoms with E-state index in [9.17, 15) is 19.2 Å². The molecule has 10 aromatic heterocycles. The number of rotatable bonds is 11. The first kappa shape index (κ1) is 72.4. The molecule has 27 nitrogen and oxygen atoms in total. The lowest BCUT2D eigenvalue weighted by Crippen LogP contribution is -2.49. The van der Waals surface area contributed by atoms with Crippen LogP contribution in [0, 0.1) is 6.92 Å². The summed E-state index contributed by atoms with van der Waals surface area (Å²) in [6, 6.07) is 45.2. The number of nitrogens with zero attached hydrogens (tertiary/aromatic N) is 15. The highest BCUT2D eigenvalue weighted by Gasteiger charge is 2.22. The van der Waals surface area contributed by atoms with Crippen molar-refractivity contribution in [1.29, 1.82) is 0 Å². The first-order valence-electron chi connectivity index (χ1n) is 36.9. The molecule has 5 aliphatic rings. The first-order chi connectivity index (χ1) is 53.2. The summed E-state index contributed by atoms with van der Waals surface area (Å²) in [5.41, 5.74) is 14.0. The Morgan fingerprint density at radius 1 is 0.404 bits per heavy atom. The molecule has 4 fully saturated rings. The lowest BCUT2D eigenvalue weighted by atomic mass is 10.1. The van der Waals surface area contributed by atoms with Gasteiger partial charge in [-0.1, -0.05) is 18.2 Å². The van der Waals surface area contributed by atoms with Crippen molar-refractivity contribution in [2.24, 2.45) is 0 Å². The van der Waals surface area contributed by atoms with Crippen molar-refractivity contribution in [2.45, 2.75) is 26.3 Å². The molecule has 0 bridgehead atoms. The van der Waals surface area contributed by atoms with E-state index in [-0.39, 0.29) is 22.2 Å². The van der Waals surface area contributed by atoms with Gasteiger partial charge < -0.3 is 68.5 Å². The van der Waals surface area contributed by atoms with Crippen LogP contribution in [-0.4, -0.2) is 198 Å². The maximum Gasteiger partial charge on any atom is 0.258 e. The van der Waals surface area contributed by atoms with Crippen LogP contribution in [0.2, 0.25) is 0 Å². The second-order valence-corrected chi connectivity index (χ2v) is 27.6. The summed E-state index contributed by atoms with van der Waals surface area (Å²) < 4.78 is 35.5. The molecular formula is C82H88N18O9. The molecule has 0 saturated carbocycles. The number of hydrogen-bond donors (Lipinski definition) is 3. The Bertz CT molecular complexity index is 5730. The van der Waals surface area contributed by atoms with E-state index in [4.69, 9.17) is 23.7 Å². The molecule has 1 atom stereocenters. The van der Waals surface area contributed by atoms with E-state index in [0.717, 1.165) is 167 Å². The Kier molecular flexibility index (Phi) is 21.6. The lowest BCUT2D eigenvalue weighted by Gasteiger charge is -2.33. The maximum atomic E-state index is 12.8. The molecule has 27 heteroatoms. The van der Waals surface area contributed by atoms with Crippen molar-refractivity contribution in [3.8, 4) is 73.9 Å². The molecular weight excluding hydrogens is 1380 g/mol. The summed E-state index contributed by atoms with van der Waals surface area (Å²) in [7, 11) is 6.96. The average Bonchev–Trinajstić information content (AvgIpc) is 1.71. The minimum absolute atomic E-state index is 0.0772. The molecule has 13 aromatic rings. The molecule has 109 heavy (non-hydrogen) atoms. The van der Waals surface area contributed by atoms with Gasteiger partial charge in [-0.2, -0.15) is 0 Å². The quantitative estimate of drug-likeness (QED) is 0.111. The van der Waals surface area contributed by atoms with Crippen molar-refractivity contribution in [2.75, 3.05) is 159 Å². The van der Waals surface area contributed by atoms with Crippen molar-refractivity contribution < 1.29 is 23.7 Å². The van der Waals surface area contributed by atoms with Gasteiger partial charge in [0.05, 0.1) is 66.9 Å². The standard InChI is InChI=1S/C21H24N4O3.C21H24N4O2.C20H20N6O.C20H20N4O3/c1-14-12-24(9-8-22-14)16-5-7-20-23-17(11-21(26)25(20)13-16)15-4-6-18(27-2)19(10-15)28-3;1-23-9-4-10-24(12-11-23)17-7-8-20-22-19(14-21(26)25(20)15-17)16-5-3-6-18(13-16)27-2;1-14-2-4-18-23-17(13-25(18)11-14)16-10-20(27)26-12-15(3-5-19(26)22-16)24-8-6-21-7-9-24;25-20-12-16(14-1-3-17-18(11-14)27-10-9-26-17)22-19-4-2-15(13-24(19)20)23-7-5-21-6-8-23/h4-7,10-11,13-14,22H,8-9,12H2,1-3H3;3,5-8,13-15H,4,9-12H2,1-2H3;2-5,10-13,21H,6-9H2,1H3;1-4,11-13,21H,5-10H2/t14-;;;/m0.../s1. The summed E-state index contributed by atoms with van der Waals surface area (Å²) in [6.45, 7) is 19.7. The fourth-order valence-electron chi connectivity index (χ4n) is 14.2. The van der Waals surface area contributed by atoms with Gasteiger partial charge in [-0.3, -0.25) is 36.8 Å². The number of hydrogen-bond acceptors (Lipinski definition) is 22. The van der Waals surface area contributed by atoms with E-state index >= 15 is 0 Å². The van der Waals surface area contributed by atoms with Gasteiger partial charge in [-0.25, -0.2) is 24.9 Å². The molecule has 0 amide bonds. The third-order valence-electron chi connectivity index (χ3n) is 20.1. The summed E-state index contributed by atoms with van der Waals surface area (Å²) >= 11 is 0. The number of methoxy groups -OCH3 is 3. The number of pyridine rings is 5. The number of piperazine rings is 3.